The Hall–Kier alpha value is -1.70. The van der Waals surface area contributed by atoms with Crippen molar-refractivity contribution in [2.45, 2.75) is 6.10 Å². The molecule has 8 heteroatoms. The van der Waals surface area contributed by atoms with E-state index in [1.54, 1.807) is 0 Å². The van der Waals surface area contributed by atoms with Crippen molar-refractivity contribution in [1.29, 1.82) is 0 Å². The second-order valence-electron chi connectivity index (χ2n) is 3.56. The molecule has 1 amide bonds. The van der Waals surface area contributed by atoms with Crippen LogP contribution in [0.5, 0.6) is 0 Å². The van der Waals surface area contributed by atoms with Gasteiger partial charge in [0, 0.05) is 0 Å². The number of aliphatic hydroxyl groups is 1. The lowest BCUT2D eigenvalue weighted by Crippen LogP contribution is -2.06. The second-order valence-corrected chi connectivity index (χ2v) is 4.95. The normalized spacial score (nSPS) is 12.2. The van der Waals surface area contributed by atoms with Crippen LogP contribution in [0.4, 0.5) is 14.3 Å². The lowest BCUT2D eigenvalue weighted by atomic mass is 10.1. The van der Waals surface area contributed by atoms with Crippen molar-refractivity contribution >= 4 is 34.2 Å². The van der Waals surface area contributed by atoms with Gasteiger partial charge >= 0.3 is 6.09 Å². The summed E-state index contributed by atoms with van der Waals surface area (Å²) in [7, 11) is 0. The van der Waals surface area contributed by atoms with Crippen molar-refractivity contribution in [2.24, 2.45) is 0 Å². The molecule has 19 heavy (non-hydrogen) atoms. The number of hydrogen-bond donors (Lipinski definition) is 3. The van der Waals surface area contributed by atoms with Crippen molar-refractivity contribution < 1.29 is 19.4 Å². The minimum Gasteiger partial charge on any atom is -0.465 e. The van der Waals surface area contributed by atoms with Crippen LogP contribution in [0.3, 0.4) is 0 Å². The van der Waals surface area contributed by atoms with E-state index in [9.17, 15) is 14.3 Å². The maximum absolute atomic E-state index is 13.1. The van der Waals surface area contributed by atoms with E-state index in [1.807, 2.05) is 5.32 Å². The van der Waals surface area contributed by atoms with Gasteiger partial charge in [-0.3, -0.25) is 5.32 Å². The molecule has 0 aliphatic rings. The molecular weight excluding hydrogens is 295 g/mol. The van der Waals surface area contributed by atoms with Gasteiger partial charge in [0.25, 0.3) is 0 Å². The number of amides is 1. The summed E-state index contributed by atoms with van der Waals surface area (Å²) >= 11 is 6.71. The summed E-state index contributed by atoms with van der Waals surface area (Å²) in [6, 6.07) is 5.42. The smallest absolute Gasteiger partial charge is 0.410 e. The Kier molecular flexibility index (Phi) is 3.98. The zero-order chi connectivity index (χ0) is 14.0. The van der Waals surface area contributed by atoms with Crippen LogP contribution in [-0.2, 0) is 0 Å². The van der Waals surface area contributed by atoms with Crippen LogP contribution in [0.15, 0.2) is 24.3 Å². The Bertz CT molecular complexity index is 620. The molecule has 100 valence electrons. The molecule has 1 unspecified atom stereocenters. The number of thiazole rings is 1. The van der Waals surface area contributed by atoms with Gasteiger partial charge in [-0.1, -0.05) is 35.1 Å². The van der Waals surface area contributed by atoms with E-state index < -0.39 is 18.0 Å². The van der Waals surface area contributed by atoms with E-state index >= 15 is 0 Å². The van der Waals surface area contributed by atoms with Gasteiger partial charge in [-0.2, -0.15) is 0 Å². The lowest BCUT2D eigenvalue weighted by Gasteiger charge is -2.08. The van der Waals surface area contributed by atoms with Crippen molar-refractivity contribution in [3.63, 3.8) is 0 Å². The fraction of sp³-hybridized carbons (Fsp3) is 0.0909. The first kappa shape index (κ1) is 13.7. The molecule has 0 aliphatic carbocycles. The molecule has 3 N–H and O–H groups in total. The summed E-state index contributed by atoms with van der Waals surface area (Å²) in [5.41, 5.74) is 0.312. The third kappa shape index (κ3) is 3.19. The van der Waals surface area contributed by atoms with Crippen LogP contribution < -0.4 is 5.32 Å². The van der Waals surface area contributed by atoms with E-state index in [1.165, 1.54) is 24.3 Å². The highest BCUT2D eigenvalue weighted by Gasteiger charge is 2.20. The van der Waals surface area contributed by atoms with Gasteiger partial charge in [0.05, 0.1) is 4.88 Å². The number of carboxylic acid groups (broad SMARTS) is 1. The number of carbonyl (C=O) groups is 1. The largest absolute Gasteiger partial charge is 0.465 e. The first-order valence-corrected chi connectivity index (χ1v) is 6.26. The number of nitrogens with zero attached hydrogens (tertiary/aromatic N) is 1. The quantitative estimate of drug-likeness (QED) is 0.813. The van der Waals surface area contributed by atoms with Crippen LogP contribution in [0, 0.1) is 5.82 Å². The lowest BCUT2D eigenvalue weighted by molar-refractivity contribution is 0.209. The molecule has 5 nitrogen and oxygen atoms in total. The number of nitrogens with one attached hydrogen (secondary N) is 1. The number of rotatable bonds is 3. The van der Waals surface area contributed by atoms with Gasteiger partial charge in [0.15, 0.2) is 5.13 Å². The van der Waals surface area contributed by atoms with Gasteiger partial charge in [-0.05, 0) is 17.7 Å². The maximum atomic E-state index is 13.1. The van der Waals surface area contributed by atoms with Crippen molar-refractivity contribution in [1.82, 2.24) is 4.98 Å². The van der Waals surface area contributed by atoms with Gasteiger partial charge in [0.1, 0.15) is 17.1 Å². The molecule has 0 spiro atoms. The summed E-state index contributed by atoms with van der Waals surface area (Å²) in [6.45, 7) is 0. The molecular formula is C11H8ClFN2O3S. The van der Waals surface area contributed by atoms with Gasteiger partial charge < -0.3 is 10.2 Å². The Morgan fingerprint density at radius 1 is 1.53 bits per heavy atom. The number of aliphatic hydroxyl groups excluding tert-OH is 1. The highest BCUT2D eigenvalue weighted by atomic mass is 35.5. The first-order valence-electron chi connectivity index (χ1n) is 5.07. The van der Waals surface area contributed by atoms with Crippen LogP contribution in [0.1, 0.15) is 16.5 Å². The van der Waals surface area contributed by atoms with E-state index in [-0.39, 0.29) is 15.2 Å². The fourth-order valence-corrected chi connectivity index (χ4v) is 2.67. The van der Waals surface area contributed by atoms with Crippen molar-refractivity contribution in [3.8, 4) is 0 Å². The summed E-state index contributed by atoms with van der Waals surface area (Å²) < 4.78 is 13.1. The first-order chi connectivity index (χ1) is 8.97. The van der Waals surface area contributed by atoms with Gasteiger partial charge in [0.2, 0.25) is 0 Å². The van der Waals surface area contributed by atoms with Gasteiger partial charge in [-0.25, -0.2) is 14.2 Å². The van der Waals surface area contributed by atoms with Crippen molar-refractivity contribution in [3.05, 3.63) is 45.7 Å². The monoisotopic (exact) mass is 302 g/mol. The topological polar surface area (TPSA) is 82.5 Å². The number of aromatic nitrogens is 1. The predicted octanol–water partition coefficient (Wildman–Crippen LogP) is 3.11. The van der Waals surface area contributed by atoms with E-state index in [0.717, 1.165) is 11.3 Å². The maximum Gasteiger partial charge on any atom is 0.410 e. The predicted molar refractivity (Wildman–Crippen MR) is 69.2 cm³/mol. The molecule has 2 rings (SSSR count). The molecule has 0 fully saturated rings. The third-order valence-electron chi connectivity index (χ3n) is 2.24. The summed E-state index contributed by atoms with van der Waals surface area (Å²) in [6.07, 6.45) is -2.44. The Morgan fingerprint density at radius 2 is 2.26 bits per heavy atom. The van der Waals surface area contributed by atoms with E-state index in [0.29, 0.717) is 5.56 Å². The van der Waals surface area contributed by atoms with E-state index in [4.69, 9.17) is 16.7 Å². The minimum absolute atomic E-state index is 0.0227. The zero-order valence-electron chi connectivity index (χ0n) is 9.30. The molecule has 0 aliphatic heterocycles. The molecule has 0 saturated heterocycles. The number of hydrogen-bond acceptors (Lipinski definition) is 4. The molecule has 0 saturated carbocycles. The Labute approximate surface area is 116 Å². The van der Waals surface area contributed by atoms with Gasteiger partial charge in [-0.15, -0.1) is 0 Å². The van der Waals surface area contributed by atoms with Crippen LogP contribution in [-0.4, -0.2) is 21.3 Å². The average Bonchev–Trinajstić information content (AvgIpc) is 2.68. The number of anilines is 1. The Balaban J connectivity index is 2.31. The zero-order valence-corrected chi connectivity index (χ0v) is 10.9. The minimum atomic E-state index is -1.28. The summed E-state index contributed by atoms with van der Waals surface area (Å²) in [5, 5.41) is 20.7. The molecule has 1 heterocycles. The van der Waals surface area contributed by atoms with E-state index in [2.05, 4.69) is 4.98 Å². The van der Waals surface area contributed by atoms with Crippen LogP contribution in [0.2, 0.25) is 5.15 Å². The third-order valence-corrected chi connectivity index (χ3v) is 3.66. The number of halogens is 2. The molecule has 1 aromatic carbocycles. The Morgan fingerprint density at radius 3 is 2.89 bits per heavy atom. The average molecular weight is 303 g/mol. The van der Waals surface area contributed by atoms with Crippen LogP contribution in [0.25, 0.3) is 0 Å². The SMILES string of the molecule is O=C(O)Nc1nc(Cl)c(C(O)c2cccc(F)c2)s1. The van der Waals surface area contributed by atoms with Crippen LogP contribution >= 0.6 is 22.9 Å². The van der Waals surface area contributed by atoms with Crippen molar-refractivity contribution in [2.75, 3.05) is 5.32 Å². The molecule has 1 aromatic heterocycles. The molecule has 1 atom stereocenters. The highest BCUT2D eigenvalue weighted by Crippen LogP contribution is 2.35. The standard InChI is InChI=1S/C11H8ClFN2O3S/c12-9-8(19-10(14-9)15-11(17)18)7(16)5-2-1-3-6(13)4-5/h1-4,7,16H,(H,14,15)(H,17,18). The highest BCUT2D eigenvalue weighted by molar-refractivity contribution is 7.16. The number of benzene rings is 1. The fourth-order valence-electron chi connectivity index (χ4n) is 1.45. The summed E-state index contributed by atoms with van der Waals surface area (Å²) in [5.74, 6) is -0.485. The molecule has 0 bridgehead atoms. The molecule has 2 aromatic rings. The summed E-state index contributed by atoms with van der Waals surface area (Å²) in [4.78, 5) is 14.5. The molecule has 0 radical (unpaired) electrons. The second kappa shape index (κ2) is 5.52.